The van der Waals surface area contributed by atoms with E-state index in [-0.39, 0.29) is 5.76 Å². The molecule has 4 rings (SSSR count). The molecule has 0 atom stereocenters. The van der Waals surface area contributed by atoms with Gasteiger partial charge in [-0.1, -0.05) is 35.5 Å². The van der Waals surface area contributed by atoms with Gasteiger partial charge in [-0.05, 0) is 12.1 Å². The van der Waals surface area contributed by atoms with Gasteiger partial charge in [0.15, 0.2) is 5.82 Å². The molecule has 122 valence electrons. The van der Waals surface area contributed by atoms with Crippen LogP contribution in [0.5, 0.6) is 0 Å². The van der Waals surface area contributed by atoms with Crippen molar-refractivity contribution in [2.75, 3.05) is 5.32 Å². The zero-order valence-electron chi connectivity index (χ0n) is 12.9. The fourth-order valence-electron chi connectivity index (χ4n) is 2.24. The summed E-state index contributed by atoms with van der Waals surface area (Å²) in [7, 11) is 0. The van der Waals surface area contributed by atoms with Crippen LogP contribution in [-0.4, -0.2) is 30.8 Å². The van der Waals surface area contributed by atoms with Crippen molar-refractivity contribution >= 4 is 11.6 Å². The third kappa shape index (κ3) is 3.13. The highest BCUT2D eigenvalue weighted by Crippen LogP contribution is 2.19. The smallest absolute Gasteiger partial charge is 0.294 e. The normalized spacial score (nSPS) is 10.6. The number of amides is 1. The third-order valence-electron chi connectivity index (χ3n) is 3.46. The van der Waals surface area contributed by atoms with Gasteiger partial charge in [0.2, 0.25) is 5.76 Å². The van der Waals surface area contributed by atoms with Gasteiger partial charge in [0.1, 0.15) is 18.3 Å². The van der Waals surface area contributed by atoms with Crippen molar-refractivity contribution in [1.82, 2.24) is 24.9 Å². The molecule has 25 heavy (non-hydrogen) atoms. The first-order chi connectivity index (χ1) is 12.3. The minimum Gasteiger partial charge on any atom is -0.350 e. The molecule has 0 aliphatic carbocycles. The molecule has 0 spiro atoms. The van der Waals surface area contributed by atoms with Crippen molar-refractivity contribution < 1.29 is 9.32 Å². The number of nitrogens with one attached hydrogen (secondary N) is 1. The zero-order valence-corrected chi connectivity index (χ0v) is 12.9. The fraction of sp³-hybridized carbons (Fsp3) is 0. The largest absolute Gasteiger partial charge is 0.350 e. The van der Waals surface area contributed by atoms with E-state index in [2.05, 4.69) is 25.5 Å². The van der Waals surface area contributed by atoms with Crippen LogP contribution in [0.3, 0.4) is 0 Å². The molecule has 0 unspecified atom stereocenters. The topological polar surface area (TPSA) is 98.7 Å². The molecule has 0 bridgehead atoms. The van der Waals surface area contributed by atoms with Crippen LogP contribution in [0, 0.1) is 0 Å². The van der Waals surface area contributed by atoms with Crippen LogP contribution < -0.4 is 5.32 Å². The van der Waals surface area contributed by atoms with Gasteiger partial charge in [-0.3, -0.25) is 4.79 Å². The Morgan fingerprint density at radius 2 is 2.00 bits per heavy atom. The third-order valence-corrected chi connectivity index (χ3v) is 3.46. The summed E-state index contributed by atoms with van der Waals surface area (Å²) in [5.74, 6) is 0.325. The first kappa shape index (κ1) is 14.8. The lowest BCUT2D eigenvalue weighted by Crippen LogP contribution is -2.11. The number of carbonyl (C=O) groups excluding carboxylic acids is 1. The molecule has 0 fully saturated rings. The molecular weight excluding hydrogens is 320 g/mol. The maximum absolute atomic E-state index is 12.3. The van der Waals surface area contributed by atoms with Crippen LogP contribution >= 0.6 is 0 Å². The molecule has 0 saturated carbocycles. The molecule has 4 aromatic rings. The Labute approximate surface area is 142 Å². The summed E-state index contributed by atoms with van der Waals surface area (Å²) in [6, 6.07) is 14.5. The Balaban J connectivity index is 1.48. The summed E-state index contributed by atoms with van der Waals surface area (Å²) in [4.78, 5) is 20.4. The van der Waals surface area contributed by atoms with E-state index >= 15 is 0 Å². The van der Waals surface area contributed by atoms with Crippen LogP contribution in [0.4, 0.5) is 5.69 Å². The first-order valence-electron chi connectivity index (χ1n) is 7.44. The van der Waals surface area contributed by atoms with E-state index in [4.69, 9.17) is 4.52 Å². The lowest BCUT2D eigenvalue weighted by Gasteiger charge is -2.03. The molecule has 8 heteroatoms. The van der Waals surface area contributed by atoms with Crippen molar-refractivity contribution in [2.24, 2.45) is 0 Å². The van der Waals surface area contributed by atoms with Crippen LogP contribution in [-0.2, 0) is 0 Å². The first-order valence-corrected chi connectivity index (χ1v) is 7.44. The standard InChI is InChI=1S/C17H12N6O2/c24-17(15-8-14(22-25-15)12-4-2-1-3-5-12)21-13-6-7-16(19-9-13)23-11-18-10-20-23/h1-11H,(H,21,24). The Hall–Kier alpha value is -3.81. The number of hydrogen-bond donors (Lipinski definition) is 1. The molecule has 1 amide bonds. The quantitative estimate of drug-likeness (QED) is 0.616. The van der Waals surface area contributed by atoms with E-state index in [9.17, 15) is 4.79 Å². The van der Waals surface area contributed by atoms with Crippen LogP contribution in [0.25, 0.3) is 17.1 Å². The zero-order chi connectivity index (χ0) is 17.1. The Kier molecular flexibility index (Phi) is 3.76. The highest BCUT2D eigenvalue weighted by molar-refractivity contribution is 6.02. The van der Waals surface area contributed by atoms with Gasteiger partial charge < -0.3 is 9.84 Å². The number of benzene rings is 1. The van der Waals surface area contributed by atoms with Crippen molar-refractivity contribution in [3.63, 3.8) is 0 Å². The summed E-state index contributed by atoms with van der Waals surface area (Å²) in [5.41, 5.74) is 2.01. The number of rotatable bonds is 4. The highest BCUT2D eigenvalue weighted by Gasteiger charge is 2.14. The fourth-order valence-corrected chi connectivity index (χ4v) is 2.24. The summed E-state index contributed by atoms with van der Waals surface area (Å²) in [6.07, 6.45) is 4.50. The molecule has 1 aromatic carbocycles. The molecule has 0 saturated heterocycles. The Morgan fingerprint density at radius 1 is 1.12 bits per heavy atom. The highest BCUT2D eigenvalue weighted by atomic mass is 16.5. The Morgan fingerprint density at radius 3 is 2.72 bits per heavy atom. The summed E-state index contributed by atoms with van der Waals surface area (Å²) in [6.45, 7) is 0. The van der Waals surface area contributed by atoms with Gasteiger partial charge in [0.25, 0.3) is 5.91 Å². The second kappa shape index (κ2) is 6.36. The van der Waals surface area contributed by atoms with Crippen molar-refractivity contribution in [3.8, 4) is 17.1 Å². The van der Waals surface area contributed by atoms with Crippen molar-refractivity contribution in [1.29, 1.82) is 0 Å². The van der Waals surface area contributed by atoms with Gasteiger partial charge in [0, 0.05) is 11.6 Å². The molecule has 3 heterocycles. The average molecular weight is 332 g/mol. The molecule has 0 aliphatic heterocycles. The van der Waals surface area contributed by atoms with E-state index in [0.717, 1.165) is 5.56 Å². The van der Waals surface area contributed by atoms with E-state index in [1.54, 1.807) is 24.5 Å². The van der Waals surface area contributed by atoms with Crippen LogP contribution in [0.2, 0.25) is 0 Å². The monoisotopic (exact) mass is 332 g/mol. The summed E-state index contributed by atoms with van der Waals surface area (Å²) in [5, 5.41) is 10.6. The number of carbonyl (C=O) groups is 1. The molecule has 0 radical (unpaired) electrons. The second-order valence-corrected chi connectivity index (χ2v) is 5.14. The number of hydrogen-bond acceptors (Lipinski definition) is 6. The predicted octanol–water partition coefficient (Wildman–Crippen LogP) is 2.57. The SMILES string of the molecule is O=C(Nc1ccc(-n2cncn2)nc1)c1cc(-c2ccccc2)no1. The summed E-state index contributed by atoms with van der Waals surface area (Å²) < 4.78 is 6.65. The van der Waals surface area contributed by atoms with Gasteiger partial charge in [-0.15, -0.1) is 0 Å². The van der Waals surface area contributed by atoms with E-state index < -0.39 is 5.91 Å². The van der Waals surface area contributed by atoms with Crippen LogP contribution in [0.15, 0.2) is 71.9 Å². The van der Waals surface area contributed by atoms with E-state index in [1.807, 2.05) is 30.3 Å². The van der Waals surface area contributed by atoms with E-state index in [1.165, 1.54) is 17.2 Å². The number of nitrogens with zero attached hydrogens (tertiary/aromatic N) is 5. The average Bonchev–Trinajstić information content (AvgIpc) is 3.35. The predicted molar refractivity (Wildman–Crippen MR) is 89.0 cm³/mol. The maximum atomic E-state index is 12.3. The Bertz CT molecular complexity index is 978. The minimum absolute atomic E-state index is 0.124. The van der Waals surface area contributed by atoms with E-state index in [0.29, 0.717) is 17.2 Å². The summed E-state index contributed by atoms with van der Waals surface area (Å²) >= 11 is 0. The van der Waals surface area contributed by atoms with Crippen molar-refractivity contribution in [2.45, 2.75) is 0 Å². The van der Waals surface area contributed by atoms with Gasteiger partial charge in [-0.25, -0.2) is 14.6 Å². The van der Waals surface area contributed by atoms with Gasteiger partial charge in [-0.2, -0.15) is 5.10 Å². The minimum atomic E-state index is -0.398. The van der Waals surface area contributed by atoms with Crippen molar-refractivity contribution in [3.05, 3.63) is 73.1 Å². The van der Waals surface area contributed by atoms with Crippen LogP contribution in [0.1, 0.15) is 10.6 Å². The molecule has 0 aliphatic rings. The lowest BCUT2D eigenvalue weighted by atomic mass is 10.1. The number of aromatic nitrogens is 5. The molecule has 1 N–H and O–H groups in total. The molecule has 8 nitrogen and oxygen atoms in total. The number of anilines is 1. The maximum Gasteiger partial charge on any atom is 0.294 e. The molecule has 3 aromatic heterocycles. The second-order valence-electron chi connectivity index (χ2n) is 5.14. The lowest BCUT2D eigenvalue weighted by molar-refractivity contribution is 0.0988. The molecular formula is C17H12N6O2. The number of pyridine rings is 1. The van der Waals surface area contributed by atoms with Gasteiger partial charge in [0.05, 0.1) is 11.9 Å². The van der Waals surface area contributed by atoms with Gasteiger partial charge >= 0.3 is 0 Å².